The van der Waals surface area contributed by atoms with Crippen molar-refractivity contribution in [3.8, 4) is 0 Å². The number of nitrogens with zero attached hydrogens (tertiary/aromatic N) is 2. The van der Waals surface area contributed by atoms with Gasteiger partial charge in [0.05, 0.1) is 6.54 Å². The molecule has 4 rings (SSSR count). The normalized spacial score (nSPS) is 23.6. The number of imide groups is 1. The van der Waals surface area contributed by atoms with Gasteiger partial charge in [0.2, 0.25) is 0 Å². The average Bonchev–Trinajstić information content (AvgIpc) is 3.29. The van der Waals surface area contributed by atoms with Crippen LogP contribution in [0.15, 0.2) is 35.0 Å². The van der Waals surface area contributed by atoms with Gasteiger partial charge in [-0.15, -0.1) is 0 Å². The molecule has 2 aliphatic heterocycles. The summed E-state index contributed by atoms with van der Waals surface area (Å²) in [5.41, 5.74) is 0.347. The van der Waals surface area contributed by atoms with E-state index in [1.165, 1.54) is 22.3 Å². The fourth-order valence-corrected chi connectivity index (χ4v) is 4.94. The molecule has 2 aromatic rings. The summed E-state index contributed by atoms with van der Waals surface area (Å²) in [6.45, 7) is 3.72. The predicted molar refractivity (Wildman–Crippen MR) is 106 cm³/mol. The molecule has 29 heavy (non-hydrogen) atoms. The third kappa shape index (κ3) is 3.79. The van der Waals surface area contributed by atoms with E-state index in [1.54, 1.807) is 13.0 Å². The molecule has 3 heterocycles. The topological polar surface area (TPSA) is 52.7 Å². The molecule has 2 fully saturated rings. The first-order valence-corrected chi connectivity index (χ1v) is 10.6. The Kier molecular flexibility index (Phi) is 5.40. The van der Waals surface area contributed by atoms with Crippen LogP contribution in [0.1, 0.15) is 30.9 Å². The summed E-state index contributed by atoms with van der Waals surface area (Å²) in [4.78, 5) is 28.9. The summed E-state index contributed by atoms with van der Waals surface area (Å²) in [5.74, 6) is -1.83. The molecule has 2 saturated heterocycles. The van der Waals surface area contributed by atoms with Crippen LogP contribution in [0.5, 0.6) is 0 Å². The van der Waals surface area contributed by atoms with Crippen molar-refractivity contribution in [2.45, 2.75) is 38.4 Å². The van der Waals surface area contributed by atoms with E-state index >= 15 is 0 Å². The van der Waals surface area contributed by atoms with Crippen molar-refractivity contribution < 1.29 is 18.4 Å². The summed E-state index contributed by atoms with van der Waals surface area (Å²) < 4.78 is 27.4. The maximum Gasteiger partial charge on any atom is 0.325 e. The van der Waals surface area contributed by atoms with Gasteiger partial charge >= 0.3 is 6.03 Å². The van der Waals surface area contributed by atoms with Crippen LogP contribution in [0.3, 0.4) is 0 Å². The van der Waals surface area contributed by atoms with Gasteiger partial charge in [-0.05, 0) is 67.2 Å². The van der Waals surface area contributed by atoms with Crippen molar-refractivity contribution in [2.24, 2.45) is 5.92 Å². The number of amides is 3. The van der Waals surface area contributed by atoms with E-state index in [-0.39, 0.29) is 24.4 Å². The first-order valence-electron chi connectivity index (χ1n) is 9.69. The number of halogens is 2. The second kappa shape index (κ2) is 7.84. The molecule has 0 aliphatic carbocycles. The van der Waals surface area contributed by atoms with Crippen LogP contribution in [-0.4, -0.2) is 40.4 Å². The van der Waals surface area contributed by atoms with Gasteiger partial charge in [-0.1, -0.05) is 12.1 Å². The number of nitrogens with one attached hydrogen (secondary N) is 1. The number of likely N-dealkylation sites (tertiary alicyclic amines) is 1. The molecule has 154 valence electrons. The van der Waals surface area contributed by atoms with Crippen LogP contribution in [0, 0.1) is 17.6 Å². The number of hydrogen-bond donors (Lipinski definition) is 1. The molecule has 1 aromatic carbocycles. The summed E-state index contributed by atoms with van der Waals surface area (Å²) in [7, 11) is 0. The van der Waals surface area contributed by atoms with Crippen molar-refractivity contribution in [3.05, 3.63) is 57.8 Å². The van der Waals surface area contributed by atoms with Crippen LogP contribution in [-0.2, 0) is 17.9 Å². The Balaban J connectivity index is 1.39. The smallest absolute Gasteiger partial charge is 0.323 e. The number of carbonyl (C=O) groups excluding carboxylic acids is 2. The molecule has 0 spiro atoms. The Hall–Kier alpha value is -2.32. The lowest BCUT2D eigenvalue weighted by Gasteiger charge is -2.39. The molecule has 2 aliphatic rings. The molecule has 3 amide bonds. The highest BCUT2D eigenvalue weighted by atomic mass is 32.1. The van der Waals surface area contributed by atoms with Gasteiger partial charge < -0.3 is 5.32 Å². The van der Waals surface area contributed by atoms with Crippen molar-refractivity contribution in [1.82, 2.24) is 15.1 Å². The van der Waals surface area contributed by atoms with E-state index in [2.05, 4.69) is 10.2 Å². The number of rotatable bonds is 5. The SMILES string of the molecule is C[C@]1(C2CCN(Cc3cccc(F)c3F)CC2)NC(=O)N(Cc2ccsc2)C1=O. The highest BCUT2D eigenvalue weighted by Gasteiger charge is 2.52. The first kappa shape index (κ1) is 20.0. The largest absolute Gasteiger partial charge is 0.325 e. The maximum absolute atomic E-state index is 13.9. The Morgan fingerprint density at radius 1 is 1.17 bits per heavy atom. The number of urea groups is 1. The van der Waals surface area contributed by atoms with Crippen LogP contribution < -0.4 is 5.32 Å². The zero-order valence-electron chi connectivity index (χ0n) is 16.2. The zero-order valence-corrected chi connectivity index (χ0v) is 17.0. The van der Waals surface area contributed by atoms with Crippen molar-refractivity contribution >= 4 is 23.3 Å². The molecule has 0 saturated carbocycles. The standard InChI is InChI=1S/C21H23F2N3O2S/c1-21(19(27)26(20(28)24-21)11-14-7-10-29-13-14)16-5-8-25(9-6-16)12-15-3-2-4-17(22)18(15)23/h2-4,7,10,13,16H,5-6,8-9,11-12H2,1H3,(H,24,28)/t21-/m1/s1. The van der Waals surface area contributed by atoms with Gasteiger partial charge in [-0.25, -0.2) is 13.6 Å². The molecule has 1 aromatic heterocycles. The zero-order chi connectivity index (χ0) is 20.6. The van der Waals surface area contributed by atoms with E-state index in [0.29, 0.717) is 38.0 Å². The Bertz CT molecular complexity index is 913. The second-order valence-electron chi connectivity index (χ2n) is 7.92. The predicted octanol–water partition coefficient (Wildman–Crippen LogP) is 3.75. The first-order chi connectivity index (χ1) is 13.9. The monoisotopic (exact) mass is 419 g/mol. The van der Waals surface area contributed by atoms with E-state index in [9.17, 15) is 18.4 Å². The second-order valence-corrected chi connectivity index (χ2v) is 8.70. The number of piperidine rings is 1. The Morgan fingerprint density at radius 3 is 2.62 bits per heavy atom. The fourth-order valence-electron chi connectivity index (χ4n) is 4.28. The summed E-state index contributed by atoms with van der Waals surface area (Å²) in [5, 5.41) is 6.76. The van der Waals surface area contributed by atoms with Crippen LogP contribution in [0.2, 0.25) is 0 Å². The molecule has 1 atom stereocenters. The van der Waals surface area contributed by atoms with E-state index in [4.69, 9.17) is 0 Å². The highest BCUT2D eigenvalue weighted by Crippen LogP contribution is 2.34. The fraction of sp³-hybridized carbons (Fsp3) is 0.429. The number of thiophene rings is 1. The Morgan fingerprint density at radius 2 is 1.93 bits per heavy atom. The summed E-state index contributed by atoms with van der Waals surface area (Å²) in [6.07, 6.45) is 1.40. The minimum absolute atomic E-state index is 0.0000288. The van der Waals surface area contributed by atoms with E-state index in [1.807, 2.05) is 16.8 Å². The lowest BCUT2D eigenvalue weighted by atomic mass is 9.79. The maximum atomic E-state index is 13.9. The lowest BCUT2D eigenvalue weighted by molar-refractivity contribution is -0.133. The van der Waals surface area contributed by atoms with Gasteiger partial charge in [0.15, 0.2) is 11.6 Å². The molecule has 8 heteroatoms. The number of benzene rings is 1. The van der Waals surface area contributed by atoms with Crippen LogP contribution >= 0.6 is 11.3 Å². The molecule has 5 nitrogen and oxygen atoms in total. The third-order valence-corrected chi connectivity index (χ3v) is 6.78. The molecule has 0 unspecified atom stereocenters. The van der Waals surface area contributed by atoms with E-state index < -0.39 is 17.2 Å². The quantitative estimate of drug-likeness (QED) is 0.751. The molecular weight excluding hydrogens is 396 g/mol. The number of carbonyl (C=O) groups is 2. The third-order valence-electron chi connectivity index (χ3n) is 6.05. The average molecular weight is 419 g/mol. The van der Waals surface area contributed by atoms with Crippen LogP contribution in [0.25, 0.3) is 0 Å². The van der Waals surface area contributed by atoms with Crippen molar-refractivity contribution in [2.75, 3.05) is 13.1 Å². The van der Waals surface area contributed by atoms with Gasteiger partial charge in [0.1, 0.15) is 5.54 Å². The van der Waals surface area contributed by atoms with Crippen molar-refractivity contribution in [1.29, 1.82) is 0 Å². The summed E-state index contributed by atoms with van der Waals surface area (Å²) >= 11 is 1.53. The highest BCUT2D eigenvalue weighted by molar-refractivity contribution is 7.07. The summed E-state index contributed by atoms with van der Waals surface area (Å²) in [6, 6.07) is 5.77. The van der Waals surface area contributed by atoms with Gasteiger partial charge in [-0.2, -0.15) is 11.3 Å². The van der Waals surface area contributed by atoms with Gasteiger partial charge in [-0.3, -0.25) is 14.6 Å². The molecule has 0 bridgehead atoms. The minimum atomic E-state index is -0.927. The van der Waals surface area contributed by atoms with Crippen molar-refractivity contribution in [3.63, 3.8) is 0 Å². The van der Waals surface area contributed by atoms with Gasteiger partial charge in [0.25, 0.3) is 5.91 Å². The molecule has 1 N–H and O–H groups in total. The van der Waals surface area contributed by atoms with Gasteiger partial charge in [0, 0.05) is 12.1 Å². The molecule has 0 radical (unpaired) electrons. The number of hydrogen-bond acceptors (Lipinski definition) is 4. The van der Waals surface area contributed by atoms with Crippen LogP contribution in [0.4, 0.5) is 13.6 Å². The minimum Gasteiger partial charge on any atom is -0.323 e. The van der Waals surface area contributed by atoms with E-state index in [0.717, 1.165) is 11.6 Å². The Labute approximate surface area is 172 Å². The molecular formula is C21H23F2N3O2S. The lowest BCUT2D eigenvalue weighted by Crippen LogP contribution is -2.53.